The third-order valence-corrected chi connectivity index (χ3v) is 1.46. The van der Waals surface area contributed by atoms with Crippen LogP contribution < -0.4 is 10.6 Å². The summed E-state index contributed by atoms with van der Waals surface area (Å²) in [6.07, 6.45) is 3.49. The molecule has 0 amide bonds. The van der Waals surface area contributed by atoms with E-state index in [-0.39, 0.29) is 0 Å². The Bertz CT molecular complexity index is 186. The van der Waals surface area contributed by atoms with E-state index in [9.17, 15) is 0 Å². The quantitative estimate of drug-likeness (QED) is 0.536. The van der Waals surface area contributed by atoms with E-state index in [1.54, 1.807) is 12.5 Å². The van der Waals surface area contributed by atoms with Gasteiger partial charge < -0.3 is 9.73 Å². The Morgan fingerprint density at radius 3 is 3.33 bits per heavy atom. The van der Waals surface area contributed by atoms with E-state index >= 15 is 0 Å². The minimum Gasteiger partial charge on any atom is -0.470 e. The maximum Gasteiger partial charge on any atom is 0.114 e. The van der Waals surface area contributed by atoms with Crippen molar-refractivity contribution in [3.8, 4) is 0 Å². The van der Waals surface area contributed by atoms with Gasteiger partial charge in [-0.1, -0.05) is 0 Å². The van der Waals surface area contributed by atoms with Gasteiger partial charge in [-0.2, -0.15) is 0 Å². The highest BCUT2D eigenvalue weighted by Gasteiger charge is 2.07. The number of furan rings is 1. The molecular weight excluding hydrogens is 116 g/mol. The minimum absolute atomic E-state index is 0.840. The predicted octanol–water partition coefficient (Wildman–Crippen LogP) is 0.752. The van der Waals surface area contributed by atoms with Gasteiger partial charge in [-0.25, -0.2) is 0 Å². The van der Waals surface area contributed by atoms with Gasteiger partial charge in [0, 0.05) is 12.1 Å². The molecule has 0 spiro atoms. The molecule has 2 N–H and O–H groups in total. The topological polar surface area (TPSA) is 37.2 Å². The van der Waals surface area contributed by atoms with Gasteiger partial charge in [0.1, 0.15) is 6.26 Å². The summed E-state index contributed by atoms with van der Waals surface area (Å²) in [5, 5.41) is 6.29. The number of fused-ring (bicyclic) bond motifs is 1. The molecule has 0 atom stereocenters. The second kappa shape index (κ2) is 1.77. The van der Waals surface area contributed by atoms with E-state index in [0.29, 0.717) is 0 Å². The van der Waals surface area contributed by atoms with Crippen molar-refractivity contribution in [2.24, 2.45) is 0 Å². The zero-order valence-corrected chi connectivity index (χ0v) is 4.98. The lowest BCUT2D eigenvalue weighted by Gasteiger charge is -2.12. The van der Waals surface area contributed by atoms with Crippen LogP contribution in [0.2, 0.25) is 0 Å². The summed E-state index contributed by atoms with van der Waals surface area (Å²) in [6.45, 7) is 1.76. The van der Waals surface area contributed by atoms with Crippen molar-refractivity contribution in [1.29, 1.82) is 0 Å². The lowest BCUT2D eigenvalue weighted by atomic mass is 10.2. The average molecular weight is 124 g/mol. The lowest BCUT2D eigenvalue weighted by molar-refractivity contribution is 0.564. The molecule has 1 aromatic heterocycles. The van der Waals surface area contributed by atoms with Gasteiger partial charge in [-0.05, 0) is 0 Å². The highest BCUT2D eigenvalue weighted by Crippen LogP contribution is 2.17. The highest BCUT2D eigenvalue weighted by atomic mass is 16.3. The fourth-order valence-corrected chi connectivity index (χ4v) is 0.970. The molecule has 0 fully saturated rings. The summed E-state index contributed by atoms with van der Waals surface area (Å²) in [6, 6.07) is 0. The highest BCUT2D eigenvalue weighted by molar-refractivity contribution is 5.49. The molecular formula is C6H8N2O. The standard InChI is InChI=1S/C6H8N2O/c1-5-2-9-3-6(5)8-4-7-1/h2-3,7-8H,1,4H2. The summed E-state index contributed by atoms with van der Waals surface area (Å²) in [7, 11) is 0. The fraction of sp³-hybridized carbons (Fsp3) is 0.333. The van der Waals surface area contributed by atoms with Crippen LogP contribution in [0, 0.1) is 0 Å². The van der Waals surface area contributed by atoms with Crippen LogP contribution in [0.4, 0.5) is 5.69 Å². The van der Waals surface area contributed by atoms with Gasteiger partial charge in [0.05, 0.1) is 18.6 Å². The maximum atomic E-state index is 4.96. The van der Waals surface area contributed by atoms with Crippen molar-refractivity contribution in [3.05, 3.63) is 18.1 Å². The van der Waals surface area contributed by atoms with Crippen LogP contribution in [0.1, 0.15) is 5.56 Å². The first-order chi connectivity index (χ1) is 4.47. The van der Waals surface area contributed by atoms with Crippen LogP contribution >= 0.6 is 0 Å². The first-order valence-electron chi connectivity index (χ1n) is 2.96. The lowest BCUT2D eigenvalue weighted by Crippen LogP contribution is -2.26. The van der Waals surface area contributed by atoms with E-state index in [4.69, 9.17) is 4.42 Å². The van der Waals surface area contributed by atoms with Crippen molar-refractivity contribution < 1.29 is 4.42 Å². The van der Waals surface area contributed by atoms with E-state index in [1.165, 1.54) is 5.56 Å². The van der Waals surface area contributed by atoms with Crippen molar-refractivity contribution in [3.63, 3.8) is 0 Å². The molecule has 0 bridgehead atoms. The van der Waals surface area contributed by atoms with E-state index in [0.717, 1.165) is 18.9 Å². The van der Waals surface area contributed by atoms with Crippen molar-refractivity contribution in [2.75, 3.05) is 12.0 Å². The summed E-state index contributed by atoms with van der Waals surface area (Å²) >= 11 is 0. The predicted molar refractivity (Wildman–Crippen MR) is 34.0 cm³/mol. The van der Waals surface area contributed by atoms with Gasteiger partial charge in [0.15, 0.2) is 0 Å². The Labute approximate surface area is 53.0 Å². The Morgan fingerprint density at radius 1 is 1.44 bits per heavy atom. The van der Waals surface area contributed by atoms with Crippen LogP contribution in [0.5, 0.6) is 0 Å². The molecule has 3 heteroatoms. The molecule has 1 aromatic rings. The van der Waals surface area contributed by atoms with Crippen LogP contribution in [-0.4, -0.2) is 6.67 Å². The second-order valence-electron chi connectivity index (χ2n) is 2.09. The van der Waals surface area contributed by atoms with Gasteiger partial charge in [0.2, 0.25) is 0 Å². The van der Waals surface area contributed by atoms with Crippen LogP contribution in [0.15, 0.2) is 16.9 Å². The molecule has 2 heterocycles. The Balaban J connectivity index is 2.39. The smallest absolute Gasteiger partial charge is 0.114 e. The van der Waals surface area contributed by atoms with E-state index in [1.807, 2.05) is 0 Å². The molecule has 0 saturated heterocycles. The van der Waals surface area contributed by atoms with Gasteiger partial charge in [-0.15, -0.1) is 0 Å². The molecule has 0 saturated carbocycles. The normalized spacial score (nSPS) is 16.4. The molecule has 0 aliphatic carbocycles. The SMILES string of the molecule is c1occ2c1CNCN2. The van der Waals surface area contributed by atoms with Crippen molar-refractivity contribution >= 4 is 5.69 Å². The molecule has 3 nitrogen and oxygen atoms in total. The molecule has 0 unspecified atom stereocenters. The maximum absolute atomic E-state index is 4.96. The summed E-state index contributed by atoms with van der Waals surface area (Å²) < 4.78 is 4.96. The molecule has 2 rings (SSSR count). The third kappa shape index (κ3) is 0.695. The first kappa shape index (κ1) is 4.88. The molecule has 48 valence electrons. The molecule has 0 aromatic carbocycles. The molecule has 0 radical (unpaired) electrons. The monoisotopic (exact) mass is 124 g/mol. The van der Waals surface area contributed by atoms with E-state index < -0.39 is 0 Å². The van der Waals surface area contributed by atoms with Gasteiger partial charge in [-0.3, -0.25) is 5.32 Å². The Hall–Kier alpha value is -0.960. The zero-order chi connectivity index (χ0) is 6.10. The summed E-state index contributed by atoms with van der Waals surface area (Å²) in [5.74, 6) is 0. The third-order valence-electron chi connectivity index (χ3n) is 1.46. The second-order valence-corrected chi connectivity index (χ2v) is 2.09. The average Bonchev–Trinajstić information content (AvgIpc) is 2.33. The number of rotatable bonds is 0. The number of hydrogen-bond donors (Lipinski definition) is 2. The largest absolute Gasteiger partial charge is 0.470 e. The number of nitrogens with one attached hydrogen (secondary N) is 2. The summed E-state index contributed by atoms with van der Waals surface area (Å²) in [4.78, 5) is 0. The zero-order valence-electron chi connectivity index (χ0n) is 4.98. The molecule has 9 heavy (non-hydrogen) atoms. The van der Waals surface area contributed by atoms with Crippen molar-refractivity contribution in [1.82, 2.24) is 5.32 Å². The van der Waals surface area contributed by atoms with Gasteiger partial charge in [0.25, 0.3) is 0 Å². The van der Waals surface area contributed by atoms with Crippen LogP contribution in [-0.2, 0) is 6.54 Å². The number of hydrogen-bond acceptors (Lipinski definition) is 3. The Kier molecular flexibility index (Phi) is 0.960. The molecule has 1 aliphatic rings. The summed E-state index contributed by atoms with van der Waals surface area (Å²) in [5.41, 5.74) is 2.33. The van der Waals surface area contributed by atoms with Crippen molar-refractivity contribution in [2.45, 2.75) is 6.54 Å². The fourth-order valence-electron chi connectivity index (χ4n) is 0.970. The van der Waals surface area contributed by atoms with Crippen LogP contribution in [0.3, 0.4) is 0 Å². The van der Waals surface area contributed by atoms with Crippen LogP contribution in [0.25, 0.3) is 0 Å². The number of anilines is 1. The molecule has 1 aliphatic heterocycles. The minimum atomic E-state index is 0.840. The van der Waals surface area contributed by atoms with E-state index in [2.05, 4.69) is 10.6 Å². The van der Waals surface area contributed by atoms with Gasteiger partial charge >= 0.3 is 0 Å². The Morgan fingerprint density at radius 2 is 2.44 bits per heavy atom. The first-order valence-corrected chi connectivity index (χ1v) is 2.96.